The second-order valence-electron chi connectivity index (χ2n) is 2.72. The summed E-state index contributed by atoms with van der Waals surface area (Å²) >= 11 is 1.90. The maximum Gasteiger partial charge on any atom is 0.0805 e. The molecule has 0 bridgehead atoms. The average Bonchev–Trinajstić information content (AvgIpc) is 2.13. The van der Waals surface area contributed by atoms with E-state index in [1.165, 1.54) is 0 Å². The molecule has 0 N–H and O–H groups in total. The van der Waals surface area contributed by atoms with Crippen LogP contribution in [0, 0.1) is 5.92 Å². The predicted octanol–water partition coefficient (Wildman–Crippen LogP) is 2.12. The summed E-state index contributed by atoms with van der Waals surface area (Å²) < 4.78 is 0. The van der Waals surface area contributed by atoms with Gasteiger partial charge < -0.3 is 4.90 Å². The van der Waals surface area contributed by atoms with Gasteiger partial charge in [-0.15, -0.1) is 11.8 Å². The van der Waals surface area contributed by atoms with E-state index in [1.54, 1.807) is 0 Å². The van der Waals surface area contributed by atoms with Crippen molar-refractivity contribution in [2.75, 3.05) is 7.05 Å². The summed E-state index contributed by atoms with van der Waals surface area (Å²) in [6, 6.07) is 0. The Morgan fingerprint density at radius 3 is 2.44 bits per heavy atom. The predicted molar refractivity (Wildman–Crippen MR) is 43.1 cm³/mol. The standard InChI is InChI=1S/C7H13NS/c1-6(2)7-8(3)4-5-9-7/h4-7H,1-3H3. The van der Waals surface area contributed by atoms with Crippen LogP contribution < -0.4 is 0 Å². The van der Waals surface area contributed by atoms with E-state index in [1.807, 2.05) is 11.8 Å². The summed E-state index contributed by atoms with van der Waals surface area (Å²) in [5.41, 5.74) is 0. The lowest BCUT2D eigenvalue weighted by Gasteiger charge is -2.22. The first kappa shape index (κ1) is 7.00. The molecule has 0 saturated heterocycles. The molecule has 0 aromatic rings. The minimum atomic E-state index is 0.671. The van der Waals surface area contributed by atoms with Gasteiger partial charge in [-0.25, -0.2) is 0 Å². The third-order valence-corrected chi connectivity index (χ3v) is 2.92. The van der Waals surface area contributed by atoms with Gasteiger partial charge in [-0.1, -0.05) is 13.8 Å². The van der Waals surface area contributed by atoms with Crippen molar-refractivity contribution >= 4 is 11.8 Å². The van der Waals surface area contributed by atoms with Gasteiger partial charge in [0.05, 0.1) is 5.37 Å². The number of nitrogens with zero attached hydrogens (tertiary/aromatic N) is 1. The lowest BCUT2D eigenvalue weighted by atomic mass is 10.2. The highest BCUT2D eigenvalue weighted by Crippen LogP contribution is 2.28. The van der Waals surface area contributed by atoms with Crippen molar-refractivity contribution < 1.29 is 0 Å². The van der Waals surface area contributed by atoms with Gasteiger partial charge in [0.2, 0.25) is 0 Å². The van der Waals surface area contributed by atoms with Crippen LogP contribution in [0.1, 0.15) is 13.8 Å². The molecule has 1 atom stereocenters. The molecule has 0 saturated carbocycles. The Kier molecular flexibility index (Phi) is 2.06. The van der Waals surface area contributed by atoms with E-state index >= 15 is 0 Å². The van der Waals surface area contributed by atoms with Gasteiger partial charge in [0.15, 0.2) is 0 Å². The monoisotopic (exact) mass is 143 g/mol. The molecule has 9 heavy (non-hydrogen) atoms. The first-order valence-corrected chi connectivity index (χ1v) is 4.20. The molecule has 0 amide bonds. The van der Waals surface area contributed by atoms with Crippen molar-refractivity contribution in [1.29, 1.82) is 0 Å². The number of hydrogen-bond acceptors (Lipinski definition) is 2. The molecule has 1 nitrogen and oxygen atoms in total. The topological polar surface area (TPSA) is 3.24 Å². The highest BCUT2D eigenvalue weighted by molar-refractivity contribution is 8.02. The van der Waals surface area contributed by atoms with Crippen LogP contribution in [0.2, 0.25) is 0 Å². The van der Waals surface area contributed by atoms with E-state index in [-0.39, 0.29) is 0 Å². The molecule has 1 unspecified atom stereocenters. The van der Waals surface area contributed by atoms with Crippen LogP contribution in [-0.4, -0.2) is 17.3 Å². The Balaban J connectivity index is 2.45. The summed E-state index contributed by atoms with van der Waals surface area (Å²) in [5, 5.41) is 2.83. The molecule has 52 valence electrons. The summed E-state index contributed by atoms with van der Waals surface area (Å²) in [5.74, 6) is 0.745. The second-order valence-corrected chi connectivity index (χ2v) is 3.75. The molecule has 0 aromatic heterocycles. The molecule has 0 spiro atoms. The maximum atomic E-state index is 2.26. The quantitative estimate of drug-likeness (QED) is 0.553. The van der Waals surface area contributed by atoms with Gasteiger partial charge >= 0.3 is 0 Å². The minimum absolute atomic E-state index is 0.671. The first-order chi connectivity index (χ1) is 4.22. The number of thioether (sulfide) groups is 1. The Bertz CT molecular complexity index is 120. The van der Waals surface area contributed by atoms with E-state index in [0.717, 1.165) is 5.92 Å². The molecule has 0 aliphatic carbocycles. The van der Waals surface area contributed by atoms with Crippen LogP contribution in [0.15, 0.2) is 11.6 Å². The molecule has 0 radical (unpaired) electrons. The highest BCUT2D eigenvalue weighted by atomic mass is 32.2. The van der Waals surface area contributed by atoms with E-state index in [0.29, 0.717) is 5.37 Å². The average molecular weight is 143 g/mol. The zero-order valence-electron chi connectivity index (χ0n) is 6.16. The van der Waals surface area contributed by atoms with Crippen LogP contribution >= 0.6 is 11.8 Å². The fraction of sp³-hybridized carbons (Fsp3) is 0.714. The minimum Gasteiger partial charge on any atom is -0.367 e. The van der Waals surface area contributed by atoms with Crippen molar-refractivity contribution in [3.05, 3.63) is 11.6 Å². The van der Waals surface area contributed by atoms with Gasteiger partial charge in [0, 0.05) is 13.2 Å². The molecule has 1 aliphatic rings. The van der Waals surface area contributed by atoms with E-state index < -0.39 is 0 Å². The summed E-state index contributed by atoms with van der Waals surface area (Å²) in [6.45, 7) is 4.50. The van der Waals surface area contributed by atoms with Crippen LogP contribution in [0.5, 0.6) is 0 Å². The van der Waals surface area contributed by atoms with E-state index in [2.05, 4.69) is 37.4 Å². The van der Waals surface area contributed by atoms with Gasteiger partial charge in [0.25, 0.3) is 0 Å². The second kappa shape index (κ2) is 2.65. The Hall–Kier alpha value is -0.110. The largest absolute Gasteiger partial charge is 0.367 e. The normalized spacial score (nSPS) is 26.2. The van der Waals surface area contributed by atoms with Gasteiger partial charge in [-0.3, -0.25) is 0 Å². The molecule has 1 aliphatic heterocycles. The van der Waals surface area contributed by atoms with Crippen molar-refractivity contribution in [2.24, 2.45) is 5.92 Å². The maximum absolute atomic E-state index is 2.26. The summed E-state index contributed by atoms with van der Waals surface area (Å²) in [7, 11) is 2.13. The number of rotatable bonds is 1. The SMILES string of the molecule is CC(C)C1SC=CN1C. The van der Waals surface area contributed by atoms with Crippen LogP contribution in [0.25, 0.3) is 0 Å². The number of hydrogen-bond donors (Lipinski definition) is 0. The van der Waals surface area contributed by atoms with Crippen LogP contribution in [0.3, 0.4) is 0 Å². The Morgan fingerprint density at radius 1 is 1.56 bits per heavy atom. The third-order valence-electron chi connectivity index (χ3n) is 1.49. The smallest absolute Gasteiger partial charge is 0.0805 e. The van der Waals surface area contributed by atoms with E-state index in [4.69, 9.17) is 0 Å². The van der Waals surface area contributed by atoms with Gasteiger partial charge in [-0.05, 0) is 11.3 Å². The summed E-state index contributed by atoms with van der Waals surface area (Å²) in [4.78, 5) is 2.26. The molecule has 1 rings (SSSR count). The molecule has 1 heterocycles. The third kappa shape index (κ3) is 1.42. The fourth-order valence-electron chi connectivity index (χ4n) is 1.02. The van der Waals surface area contributed by atoms with Crippen LogP contribution in [-0.2, 0) is 0 Å². The molecule has 2 heteroatoms. The molecule has 0 fully saturated rings. The van der Waals surface area contributed by atoms with Crippen molar-refractivity contribution in [3.8, 4) is 0 Å². The summed E-state index contributed by atoms with van der Waals surface area (Å²) in [6.07, 6.45) is 2.13. The van der Waals surface area contributed by atoms with Crippen molar-refractivity contribution in [1.82, 2.24) is 4.90 Å². The zero-order chi connectivity index (χ0) is 6.85. The highest BCUT2D eigenvalue weighted by Gasteiger charge is 2.18. The van der Waals surface area contributed by atoms with Gasteiger partial charge in [-0.2, -0.15) is 0 Å². The Labute approximate surface area is 61.1 Å². The Morgan fingerprint density at radius 2 is 2.22 bits per heavy atom. The zero-order valence-corrected chi connectivity index (χ0v) is 6.98. The van der Waals surface area contributed by atoms with Crippen LogP contribution in [0.4, 0.5) is 0 Å². The van der Waals surface area contributed by atoms with Gasteiger partial charge in [0.1, 0.15) is 0 Å². The molecule has 0 aromatic carbocycles. The van der Waals surface area contributed by atoms with E-state index in [9.17, 15) is 0 Å². The lowest BCUT2D eigenvalue weighted by molar-refractivity contribution is 0.361. The fourth-order valence-corrected chi connectivity index (χ4v) is 2.02. The molecular weight excluding hydrogens is 130 g/mol. The van der Waals surface area contributed by atoms with Crippen molar-refractivity contribution in [2.45, 2.75) is 19.2 Å². The van der Waals surface area contributed by atoms with Crippen molar-refractivity contribution in [3.63, 3.8) is 0 Å². The molecular formula is C7H13NS. The lowest BCUT2D eigenvalue weighted by Crippen LogP contribution is -2.24. The first-order valence-electron chi connectivity index (χ1n) is 3.26.